The zero-order valence-corrected chi connectivity index (χ0v) is 24.3. The predicted molar refractivity (Wildman–Crippen MR) is 161 cm³/mol. The van der Waals surface area contributed by atoms with Crippen molar-refractivity contribution in [2.45, 2.75) is 50.4 Å². The molecule has 214 valence electrons. The highest BCUT2D eigenvalue weighted by Gasteiger charge is 2.33. The van der Waals surface area contributed by atoms with Gasteiger partial charge in [-0.15, -0.1) is 11.3 Å². The van der Waals surface area contributed by atoms with Crippen LogP contribution < -0.4 is 15.0 Å². The Morgan fingerprint density at radius 1 is 1.10 bits per heavy atom. The third kappa shape index (κ3) is 6.42. The summed E-state index contributed by atoms with van der Waals surface area (Å²) in [4.78, 5) is 18.2. The molecule has 3 fully saturated rings. The minimum Gasteiger partial charge on any atom is -0.489 e. The van der Waals surface area contributed by atoms with Crippen LogP contribution in [0.3, 0.4) is 0 Å². The number of rotatable bonds is 9. The van der Waals surface area contributed by atoms with Gasteiger partial charge >= 0.3 is 0 Å². The third-order valence-electron chi connectivity index (χ3n) is 8.49. The average molecular weight is 584 g/mol. The monoisotopic (exact) mass is 583 g/mol. The van der Waals surface area contributed by atoms with Gasteiger partial charge in [0.1, 0.15) is 18.0 Å². The van der Waals surface area contributed by atoms with Crippen molar-refractivity contribution in [3.8, 4) is 5.75 Å². The number of nitrogens with zero attached hydrogens (tertiary/aromatic N) is 2. The molecule has 1 unspecified atom stereocenters. The smallest absolute Gasteiger partial charge is 0.225 e. The molecule has 6 rings (SSSR count). The van der Waals surface area contributed by atoms with E-state index in [0.717, 1.165) is 57.4 Å². The minimum atomic E-state index is -0.877. The number of carbonyl (C=O) groups excluding carboxylic acids is 1. The molecule has 3 aromatic rings. The van der Waals surface area contributed by atoms with Crippen molar-refractivity contribution in [3.05, 3.63) is 58.4 Å². The summed E-state index contributed by atoms with van der Waals surface area (Å²) >= 11 is 8.35. The molecule has 3 atom stereocenters. The first-order valence-electron chi connectivity index (χ1n) is 14.5. The molecule has 0 bridgehead atoms. The minimum absolute atomic E-state index is 0.00789. The number of thiophene rings is 1. The van der Waals surface area contributed by atoms with Crippen LogP contribution in [-0.4, -0.2) is 74.0 Å². The van der Waals surface area contributed by atoms with Crippen molar-refractivity contribution >= 4 is 44.6 Å². The Kier molecular flexibility index (Phi) is 8.79. The lowest BCUT2D eigenvalue weighted by atomic mass is 9.99. The molecule has 3 aliphatic heterocycles. The van der Waals surface area contributed by atoms with E-state index in [1.807, 2.05) is 12.1 Å². The summed E-state index contributed by atoms with van der Waals surface area (Å²) in [6.45, 7) is 5.49. The molecule has 3 aliphatic rings. The maximum absolute atomic E-state index is 13.5. The normalized spacial score (nSPS) is 22.1. The first kappa shape index (κ1) is 27.8. The molecule has 9 heteroatoms. The van der Waals surface area contributed by atoms with Crippen molar-refractivity contribution in [1.82, 2.24) is 10.2 Å². The van der Waals surface area contributed by atoms with Gasteiger partial charge in [-0.3, -0.25) is 4.79 Å². The Morgan fingerprint density at radius 3 is 2.73 bits per heavy atom. The number of hydrogen-bond acceptors (Lipinski definition) is 7. The standard InChI is InChI=1S/C31H38ClN3O4S/c32-26-17-22(4-6-28(26)39-25-8-14-38-15-9-25)30(36)27(20-34-11-1-2-12-34)33-31(37)23-7-13-35(19-23)24-5-3-21-10-16-40-29(21)18-24/h3-6,10,16-18,23,25,27,30,36H,1-2,7-9,11-15,19-20H2,(H,33,37)/t23?,27-,30-/m1/s1. The Bertz CT molecular complexity index is 1310. The van der Waals surface area contributed by atoms with Gasteiger partial charge < -0.3 is 29.7 Å². The molecule has 0 radical (unpaired) electrons. The van der Waals surface area contributed by atoms with Crippen LogP contribution in [0.2, 0.25) is 5.02 Å². The summed E-state index contributed by atoms with van der Waals surface area (Å²) in [7, 11) is 0. The Balaban J connectivity index is 1.12. The van der Waals surface area contributed by atoms with Gasteiger partial charge in [0.05, 0.1) is 30.2 Å². The summed E-state index contributed by atoms with van der Waals surface area (Å²) in [5.74, 6) is 0.510. The number of anilines is 1. The largest absolute Gasteiger partial charge is 0.489 e. The highest BCUT2D eigenvalue weighted by atomic mass is 35.5. The number of benzene rings is 2. The van der Waals surface area contributed by atoms with Gasteiger partial charge in [0, 0.05) is 42.9 Å². The molecule has 2 aromatic carbocycles. The second-order valence-electron chi connectivity index (χ2n) is 11.3. The molecule has 3 saturated heterocycles. The quantitative estimate of drug-likeness (QED) is 0.358. The van der Waals surface area contributed by atoms with Gasteiger partial charge in [0.2, 0.25) is 5.91 Å². The lowest BCUT2D eigenvalue weighted by Gasteiger charge is -2.30. The number of nitrogens with one attached hydrogen (secondary N) is 1. The number of amides is 1. The molecule has 0 spiro atoms. The molecule has 1 amide bonds. The van der Waals surface area contributed by atoms with Crippen molar-refractivity contribution in [2.24, 2.45) is 5.92 Å². The lowest BCUT2D eigenvalue weighted by Crippen LogP contribution is -2.48. The van der Waals surface area contributed by atoms with Crippen LogP contribution in [0, 0.1) is 5.92 Å². The zero-order chi connectivity index (χ0) is 27.5. The van der Waals surface area contributed by atoms with Gasteiger partial charge in [0.25, 0.3) is 0 Å². The zero-order valence-electron chi connectivity index (χ0n) is 22.8. The third-order valence-corrected chi connectivity index (χ3v) is 9.66. The average Bonchev–Trinajstić information content (AvgIpc) is 3.76. The maximum atomic E-state index is 13.5. The van der Waals surface area contributed by atoms with E-state index in [2.05, 4.69) is 44.8 Å². The van der Waals surface area contributed by atoms with Crippen molar-refractivity contribution in [1.29, 1.82) is 0 Å². The Morgan fingerprint density at radius 2 is 1.93 bits per heavy atom. The second-order valence-corrected chi connectivity index (χ2v) is 12.6. The summed E-state index contributed by atoms with van der Waals surface area (Å²) in [6, 6.07) is 13.7. The van der Waals surface area contributed by atoms with Crippen LogP contribution >= 0.6 is 22.9 Å². The molecule has 7 nitrogen and oxygen atoms in total. The van der Waals surface area contributed by atoms with E-state index < -0.39 is 12.1 Å². The Labute approximate surface area is 245 Å². The fourth-order valence-electron chi connectivity index (χ4n) is 6.12. The second kappa shape index (κ2) is 12.7. The number of aliphatic hydroxyl groups excluding tert-OH is 1. The highest BCUT2D eigenvalue weighted by Crippen LogP contribution is 2.33. The van der Waals surface area contributed by atoms with Crippen LogP contribution in [0.25, 0.3) is 10.1 Å². The molecule has 4 heterocycles. The number of likely N-dealkylation sites (tertiary alicyclic amines) is 1. The van der Waals surface area contributed by atoms with E-state index in [1.54, 1.807) is 17.4 Å². The molecular weight excluding hydrogens is 546 g/mol. The topological polar surface area (TPSA) is 74.3 Å². The number of aliphatic hydroxyl groups is 1. The first-order valence-corrected chi connectivity index (χ1v) is 15.8. The van der Waals surface area contributed by atoms with Crippen LogP contribution in [0.5, 0.6) is 5.75 Å². The number of fused-ring (bicyclic) bond motifs is 1. The highest BCUT2D eigenvalue weighted by molar-refractivity contribution is 7.17. The number of hydrogen-bond donors (Lipinski definition) is 2. The lowest BCUT2D eigenvalue weighted by molar-refractivity contribution is -0.126. The molecule has 40 heavy (non-hydrogen) atoms. The van der Waals surface area contributed by atoms with Crippen molar-refractivity contribution in [2.75, 3.05) is 50.8 Å². The van der Waals surface area contributed by atoms with Crippen molar-refractivity contribution < 1.29 is 19.4 Å². The Hall–Kier alpha value is -2.36. The molecule has 0 aliphatic carbocycles. The van der Waals surface area contributed by atoms with Crippen LogP contribution in [0.15, 0.2) is 47.8 Å². The van der Waals surface area contributed by atoms with Gasteiger partial charge in [-0.1, -0.05) is 23.7 Å². The van der Waals surface area contributed by atoms with Crippen LogP contribution in [-0.2, 0) is 9.53 Å². The van der Waals surface area contributed by atoms with Crippen LogP contribution in [0.1, 0.15) is 43.8 Å². The summed E-state index contributed by atoms with van der Waals surface area (Å²) < 4.78 is 12.8. The van der Waals surface area contributed by atoms with E-state index in [1.165, 1.54) is 10.1 Å². The van der Waals surface area contributed by atoms with Crippen molar-refractivity contribution in [3.63, 3.8) is 0 Å². The number of carbonyl (C=O) groups is 1. The molecular formula is C31H38ClN3O4S. The number of ether oxygens (including phenoxy) is 2. The summed E-state index contributed by atoms with van der Waals surface area (Å²) in [5.41, 5.74) is 1.85. The first-order chi connectivity index (χ1) is 19.5. The maximum Gasteiger partial charge on any atom is 0.225 e. The fraction of sp³-hybridized carbons (Fsp3) is 0.516. The van der Waals surface area contributed by atoms with Crippen LogP contribution in [0.4, 0.5) is 5.69 Å². The van der Waals surface area contributed by atoms with E-state index >= 15 is 0 Å². The molecule has 0 saturated carbocycles. The van der Waals surface area contributed by atoms with E-state index in [4.69, 9.17) is 21.1 Å². The molecule has 1 aromatic heterocycles. The fourth-order valence-corrected chi connectivity index (χ4v) is 7.18. The van der Waals surface area contributed by atoms with E-state index in [-0.39, 0.29) is 17.9 Å². The summed E-state index contributed by atoms with van der Waals surface area (Å²) in [5, 5.41) is 18.6. The summed E-state index contributed by atoms with van der Waals surface area (Å²) in [6.07, 6.45) is 3.98. The molecule has 2 N–H and O–H groups in total. The van der Waals surface area contributed by atoms with E-state index in [0.29, 0.717) is 42.6 Å². The van der Waals surface area contributed by atoms with Gasteiger partial charge in [-0.05, 0) is 79.0 Å². The number of halogens is 1. The van der Waals surface area contributed by atoms with E-state index in [9.17, 15) is 9.90 Å². The van der Waals surface area contributed by atoms with Gasteiger partial charge in [0.15, 0.2) is 0 Å². The predicted octanol–water partition coefficient (Wildman–Crippen LogP) is 5.25. The SMILES string of the molecule is O=C(N[C@H](CN1CCCC1)[C@H](O)c1ccc(OC2CCOCC2)c(Cl)c1)C1CCN(c2ccc3ccsc3c2)C1. The van der Waals surface area contributed by atoms with Gasteiger partial charge in [-0.25, -0.2) is 0 Å². The van der Waals surface area contributed by atoms with Gasteiger partial charge in [-0.2, -0.15) is 0 Å².